The molecule has 10 heteroatoms. The highest BCUT2D eigenvalue weighted by Crippen LogP contribution is 2.32. The zero-order valence-corrected chi connectivity index (χ0v) is 19.8. The van der Waals surface area contributed by atoms with Gasteiger partial charge in [-0.2, -0.15) is 10.1 Å². The Morgan fingerprint density at radius 3 is 2.71 bits per heavy atom. The quantitative estimate of drug-likeness (QED) is 0.570. The molecule has 5 heterocycles. The Balaban J connectivity index is 1.05. The minimum atomic E-state index is -0.287. The molecule has 10 nitrogen and oxygen atoms in total. The van der Waals surface area contributed by atoms with E-state index in [2.05, 4.69) is 15.2 Å². The van der Waals surface area contributed by atoms with Crippen LogP contribution in [-0.4, -0.2) is 62.8 Å². The van der Waals surface area contributed by atoms with Crippen molar-refractivity contribution in [3.63, 3.8) is 0 Å². The van der Waals surface area contributed by atoms with Gasteiger partial charge in [-0.25, -0.2) is 0 Å². The molecule has 2 saturated heterocycles. The van der Waals surface area contributed by atoms with Gasteiger partial charge in [0.1, 0.15) is 0 Å². The molecule has 2 fully saturated rings. The monoisotopic (exact) mass is 475 g/mol. The van der Waals surface area contributed by atoms with E-state index in [1.165, 1.54) is 11.3 Å². The molecule has 35 heavy (non-hydrogen) atoms. The first-order chi connectivity index (χ1) is 17.1. The van der Waals surface area contributed by atoms with Crippen LogP contribution in [0, 0.1) is 5.92 Å². The van der Waals surface area contributed by atoms with Crippen molar-refractivity contribution >= 4 is 23.5 Å². The maximum Gasteiger partial charge on any atom is 0.266 e. The molecule has 3 aliphatic heterocycles. The van der Waals surface area contributed by atoms with E-state index in [-0.39, 0.29) is 30.1 Å². The fourth-order valence-corrected chi connectivity index (χ4v) is 5.46. The smallest absolute Gasteiger partial charge is 0.266 e. The summed E-state index contributed by atoms with van der Waals surface area (Å²) in [5.74, 6) is 1.21. The van der Waals surface area contributed by atoms with E-state index in [0.29, 0.717) is 31.5 Å². The molecule has 1 unspecified atom stereocenters. The molecule has 0 N–H and O–H groups in total. The predicted molar refractivity (Wildman–Crippen MR) is 128 cm³/mol. The number of rotatable bonds is 4. The van der Waals surface area contributed by atoms with E-state index in [9.17, 15) is 9.59 Å². The summed E-state index contributed by atoms with van der Waals surface area (Å²) in [6.07, 6.45) is 4.68. The number of likely N-dealkylation sites (tertiary alicyclic amines) is 1. The third-order valence-electron chi connectivity index (χ3n) is 7.55. The summed E-state index contributed by atoms with van der Waals surface area (Å²) in [5, 5.41) is 8.60. The predicted octanol–water partition coefficient (Wildman–Crippen LogP) is 2.12. The molecule has 1 atom stereocenters. The minimum absolute atomic E-state index is 0.0128. The Kier molecular flexibility index (Phi) is 5.50. The Hall–Kier alpha value is -3.69. The number of nitrogens with zero attached hydrogens (tertiary/aromatic N) is 7. The van der Waals surface area contributed by atoms with Gasteiger partial charge < -0.3 is 19.2 Å². The van der Waals surface area contributed by atoms with Crippen LogP contribution < -0.4 is 9.80 Å². The molecule has 2 aromatic heterocycles. The number of carbonyl (C=O) groups excluding carboxylic acids is 2. The van der Waals surface area contributed by atoms with Gasteiger partial charge >= 0.3 is 0 Å². The zero-order valence-electron chi connectivity index (χ0n) is 19.8. The Morgan fingerprint density at radius 1 is 1.11 bits per heavy atom. The second-order valence-corrected chi connectivity index (χ2v) is 9.68. The number of piperidine rings is 1. The topological polar surface area (TPSA) is 101 Å². The van der Waals surface area contributed by atoms with Crippen LogP contribution >= 0.6 is 0 Å². The summed E-state index contributed by atoms with van der Waals surface area (Å²) in [4.78, 5) is 36.2. The minimum Gasteiger partial charge on any atom is -0.342 e. The molecule has 0 saturated carbocycles. The second kappa shape index (κ2) is 8.83. The van der Waals surface area contributed by atoms with Gasteiger partial charge in [0.25, 0.3) is 5.95 Å². The number of carbonyl (C=O) groups is 2. The Morgan fingerprint density at radius 2 is 1.91 bits per heavy atom. The lowest BCUT2D eigenvalue weighted by molar-refractivity contribution is -0.136. The van der Waals surface area contributed by atoms with Gasteiger partial charge in [0.2, 0.25) is 17.7 Å². The highest BCUT2D eigenvalue weighted by Gasteiger charge is 2.38. The second-order valence-electron chi connectivity index (χ2n) is 9.68. The summed E-state index contributed by atoms with van der Waals surface area (Å²) in [5.41, 5.74) is 3.32. The lowest BCUT2D eigenvalue weighted by atomic mass is 9.95. The average Bonchev–Trinajstić information content (AvgIpc) is 3.63. The number of hydrogen-bond acceptors (Lipinski definition) is 7. The van der Waals surface area contributed by atoms with Crippen LogP contribution in [0.15, 0.2) is 41.1 Å². The molecule has 2 amide bonds. The first-order valence-corrected chi connectivity index (χ1v) is 12.3. The van der Waals surface area contributed by atoms with Crippen molar-refractivity contribution in [3.8, 4) is 0 Å². The van der Waals surface area contributed by atoms with Crippen LogP contribution in [0.2, 0.25) is 0 Å². The summed E-state index contributed by atoms with van der Waals surface area (Å²) in [7, 11) is 1.96. The number of anilines is 2. The first kappa shape index (κ1) is 21.8. The number of benzene rings is 1. The van der Waals surface area contributed by atoms with Crippen LogP contribution in [0.5, 0.6) is 0 Å². The molecule has 1 aromatic carbocycles. The summed E-state index contributed by atoms with van der Waals surface area (Å²) in [6.45, 7) is 3.28. The molecule has 0 bridgehead atoms. The maximum absolute atomic E-state index is 13.2. The highest BCUT2D eigenvalue weighted by molar-refractivity contribution is 6.00. The molecule has 3 aromatic rings. The van der Waals surface area contributed by atoms with Crippen molar-refractivity contribution in [3.05, 3.63) is 53.7 Å². The maximum atomic E-state index is 13.2. The van der Waals surface area contributed by atoms with E-state index >= 15 is 0 Å². The molecular formula is C25H29N7O3. The summed E-state index contributed by atoms with van der Waals surface area (Å²) in [6, 6.07) is 9.56. The number of fused-ring (bicyclic) bond motifs is 1. The van der Waals surface area contributed by atoms with E-state index < -0.39 is 0 Å². The zero-order chi connectivity index (χ0) is 23.9. The fourth-order valence-electron chi connectivity index (χ4n) is 5.46. The van der Waals surface area contributed by atoms with Gasteiger partial charge in [-0.15, -0.1) is 0 Å². The lowest BCUT2D eigenvalue weighted by Crippen LogP contribution is -2.42. The number of hydrogen-bond donors (Lipinski definition) is 0. The number of aryl methyl sites for hydroxylation is 1. The average molecular weight is 476 g/mol. The number of para-hydroxylation sites is 1. The van der Waals surface area contributed by atoms with Crippen molar-refractivity contribution in [2.24, 2.45) is 13.0 Å². The Bertz CT molecular complexity index is 1230. The van der Waals surface area contributed by atoms with Crippen molar-refractivity contribution in [1.82, 2.24) is 24.8 Å². The van der Waals surface area contributed by atoms with Gasteiger partial charge in [0, 0.05) is 51.3 Å². The largest absolute Gasteiger partial charge is 0.342 e. The SMILES string of the molecule is Cn1ncc2c1CN(c1noc(C3CCN(C(=O)C4CC(=O)N(c5ccccc5)C4)CC3)n1)CC2. The normalized spacial score (nSPS) is 21.0. The molecule has 0 radical (unpaired) electrons. The van der Waals surface area contributed by atoms with Gasteiger partial charge in [-0.1, -0.05) is 18.2 Å². The van der Waals surface area contributed by atoms with Crippen molar-refractivity contribution in [2.75, 3.05) is 36.0 Å². The summed E-state index contributed by atoms with van der Waals surface area (Å²) >= 11 is 0. The van der Waals surface area contributed by atoms with E-state index in [0.717, 1.165) is 38.0 Å². The third kappa shape index (κ3) is 4.06. The molecule has 6 rings (SSSR count). The summed E-state index contributed by atoms with van der Waals surface area (Å²) < 4.78 is 7.56. The van der Waals surface area contributed by atoms with Gasteiger partial charge in [0.05, 0.1) is 24.4 Å². The van der Waals surface area contributed by atoms with Gasteiger partial charge in [-0.05, 0) is 42.1 Å². The molecule has 182 valence electrons. The highest BCUT2D eigenvalue weighted by atomic mass is 16.5. The van der Waals surface area contributed by atoms with Gasteiger partial charge in [-0.3, -0.25) is 14.3 Å². The standard InChI is InChI=1S/C25H29N7O3/c1-29-21-16-31(12-9-18(21)14-26-29)25-27-23(35-28-25)17-7-10-30(11-8-17)24(34)19-13-22(33)32(15-19)20-5-3-2-4-6-20/h2-6,14,17,19H,7-13,15-16H2,1H3. The number of amides is 2. The van der Waals surface area contributed by atoms with Crippen LogP contribution in [-0.2, 0) is 29.6 Å². The van der Waals surface area contributed by atoms with Crippen LogP contribution in [0.1, 0.15) is 42.3 Å². The van der Waals surface area contributed by atoms with Crippen molar-refractivity contribution < 1.29 is 14.1 Å². The first-order valence-electron chi connectivity index (χ1n) is 12.3. The molecule has 0 aliphatic carbocycles. The third-order valence-corrected chi connectivity index (χ3v) is 7.55. The molecule has 0 spiro atoms. The van der Waals surface area contributed by atoms with Crippen molar-refractivity contribution in [2.45, 2.75) is 38.1 Å². The molecular weight excluding hydrogens is 446 g/mol. The lowest BCUT2D eigenvalue weighted by Gasteiger charge is -2.32. The van der Waals surface area contributed by atoms with Crippen LogP contribution in [0.25, 0.3) is 0 Å². The Labute approximate surface area is 203 Å². The van der Waals surface area contributed by atoms with Crippen LogP contribution in [0.3, 0.4) is 0 Å². The van der Waals surface area contributed by atoms with E-state index in [1.54, 1.807) is 4.90 Å². The van der Waals surface area contributed by atoms with E-state index in [1.807, 2.05) is 53.2 Å². The fraction of sp³-hybridized carbons (Fsp3) is 0.480. The van der Waals surface area contributed by atoms with Crippen molar-refractivity contribution in [1.29, 1.82) is 0 Å². The van der Waals surface area contributed by atoms with Crippen LogP contribution in [0.4, 0.5) is 11.6 Å². The number of aromatic nitrogens is 4. The molecule has 3 aliphatic rings. The van der Waals surface area contributed by atoms with Gasteiger partial charge in [0.15, 0.2) is 0 Å². The van der Waals surface area contributed by atoms with E-state index in [4.69, 9.17) is 9.51 Å².